The molecule has 0 amide bonds. The fourth-order valence-corrected chi connectivity index (χ4v) is 2.34. The molecule has 0 saturated carbocycles. The second kappa shape index (κ2) is 5.57. The number of piperidine rings is 1. The number of halogens is 3. The molecule has 1 N–H and O–H groups in total. The van der Waals surface area contributed by atoms with Gasteiger partial charge in [-0.3, -0.25) is 0 Å². The van der Waals surface area contributed by atoms with Crippen molar-refractivity contribution in [3.8, 4) is 6.07 Å². The molecule has 0 atom stereocenters. The molecule has 1 aromatic heterocycles. The third-order valence-corrected chi connectivity index (χ3v) is 3.34. The maximum atomic E-state index is 12.8. The molecule has 6 heteroatoms. The molecule has 2 rings (SSSR count). The van der Waals surface area contributed by atoms with Gasteiger partial charge >= 0.3 is 6.18 Å². The first-order valence-corrected chi connectivity index (χ1v) is 6.17. The average molecular weight is 269 g/mol. The van der Waals surface area contributed by atoms with Gasteiger partial charge in [0.25, 0.3) is 0 Å². The fraction of sp³-hybridized carbons (Fsp3) is 0.538. The second-order valence-corrected chi connectivity index (χ2v) is 4.75. The minimum absolute atomic E-state index is 0.386. The summed E-state index contributed by atoms with van der Waals surface area (Å²) in [7, 11) is 0. The lowest BCUT2D eigenvalue weighted by Crippen LogP contribution is -2.28. The molecule has 3 nitrogen and oxygen atoms in total. The molecule has 0 aliphatic carbocycles. The minimum Gasteiger partial charge on any atom is -0.317 e. The van der Waals surface area contributed by atoms with Gasteiger partial charge in [-0.25, -0.2) is 4.98 Å². The molecule has 0 radical (unpaired) electrons. The predicted octanol–water partition coefficient (Wildman–Crippen LogP) is 2.51. The molecule has 2 heterocycles. The fourth-order valence-electron chi connectivity index (χ4n) is 2.34. The second-order valence-electron chi connectivity index (χ2n) is 4.75. The van der Waals surface area contributed by atoms with Crippen molar-refractivity contribution < 1.29 is 13.2 Å². The van der Waals surface area contributed by atoms with E-state index in [4.69, 9.17) is 5.26 Å². The van der Waals surface area contributed by atoms with E-state index in [0.717, 1.165) is 32.0 Å². The summed E-state index contributed by atoms with van der Waals surface area (Å²) in [5.74, 6) is 0.386. The van der Waals surface area contributed by atoms with Crippen LogP contribution in [0.5, 0.6) is 0 Å². The molecule has 0 aromatic carbocycles. The first-order valence-electron chi connectivity index (χ1n) is 6.17. The van der Waals surface area contributed by atoms with Crippen molar-refractivity contribution in [1.29, 1.82) is 5.26 Å². The van der Waals surface area contributed by atoms with Gasteiger partial charge in [-0.2, -0.15) is 18.4 Å². The smallest absolute Gasteiger partial charge is 0.317 e. The van der Waals surface area contributed by atoms with Crippen LogP contribution in [-0.2, 0) is 12.6 Å². The van der Waals surface area contributed by atoms with Gasteiger partial charge in [-0.1, -0.05) is 0 Å². The number of hydrogen-bond donors (Lipinski definition) is 1. The summed E-state index contributed by atoms with van der Waals surface area (Å²) in [6.07, 6.45) is -0.635. The maximum absolute atomic E-state index is 12.8. The molecule has 0 bridgehead atoms. The predicted molar refractivity (Wildman–Crippen MR) is 63.3 cm³/mol. The van der Waals surface area contributed by atoms with Crippen LogP contribution in [-0.4, -0.2) is 18.1 Å². The van der Waals surface area contributed by atoms with E-state index in [1.807, 2.05) is 0 Å². The summed E-state index contributed by atoms with van der Waals surface area (Å²) in [5, 5.41) is 11.9. The van der Waals surface area contributed by atoms with E-state index in [1.165, 1.54) is 12.3 Å². The van der Waals surface area contributed by atoms with Gasteiger partial charge < -0.3 is 5.32 Å². The van der Waals surface area contributed by atoms with Crippen molar-refractivity contribution in [3.63, 3.8) is 0 Å². The van der Waals surface area contributed by atoms with Crippen LogP contribution in [0, 0.1) is 17.2 Å². The quantitative estimate of drug-likeness (QED) is 0.897. The van der Waals surface area contributed by atoms with Crippen LogP contribution in [0.1, 0.15) is 29.7 Å². The van der Waals surface area contributed by atoms with Crippen LogP contribution in [0.25, 0.3) is 0 Å². The third kappa shape index (κ3) is 3.44. The molecule has 0 spiro atoms. The van der Waals surface area contributed by atoms with Crippen molar-refractivity contribution in [2.45, 2.75) is 25.4 Å². The number of alkyl halides is 3. The van der Waals surface area contributed by atoms with E-state index < -0.39 is 17.4 Å². The van der Waals surface area contributed by atoms with Crippen molar-refractivity contribution in [3.05, 3.63) is 29.1 Å². The molecule has 1 aliphatic heterocycles. The number of hydrogen-bond acceptors (Lipinski definition) is 3. The summed E-state index contributed by atoms with van der Waals surface area (Å²) < 4.78 is 38.4. The molecule has 102 valence electrons. The molecule has 1 fully saturated rings. The Hall–Kier alpha value is -1.61. The number of nitrogens with one attached hydrogen (secondary N) is 1. The van der Waals surface area contributed by atoms with E-state index in [0.29, 0.717) is 17.9 Å². The van der Waals surface area contributed by atoms with Gasteiger partial charge in [0.05, 0.1) is 5.56 Å². The number of pyridine rings is 1. The Bertz CT molecular complexity index is 485. The Morgan fingerprint density at radius 1 is 1.37 bits per heavy atom. The van der Waals surface area contributed by atoms with Crippen molar-refractivity contribution in [1.82, 2.24) is 10.3 Å². The Kier molecular flexibility index (Phi) is 4.05. The number of aromatic nitrogens is 1. The first kappa shape index (κ1) is 13.8. The lowest BCUT2D eigenvalue weighted by Gasteiger charge is -2.22. The van der Waals surface area contributed by atoms with Crippen LogP contribution < -0.4 is 5.32 Å². The number of rotatable bonds is 2. The molecular formula is C13H14F3N3. The molecule has 0 unspecified atom stereocenters. The Balaban J connectivity index is 2.20. The van der Waals surface area contributed by atoms with Crippen molar-refractivity contribution in [2.24, 2.45) is 5.92 Å². The lowest BCUT2D eigenvalue weighted by atomic mass is 9.91. The highest BCUT2D eigenvalue weighted by atomic mass is 19.4. The van der Waals surface area contributed by atoms with E-state index in [2.05, 4.69) is 10.3 Å². The van der Waals surface area contributed by atoms with Crippen LogP contribution in [0.15, 0.2) is 12.3 Å². The van der Waals surface area contributed by atoms with Gasteiger partial charge in [-0.15, -0.1) is 0 Å². The van der Waals surface area contributed by atoms with Gasteiger partial charge in [0, 0.05) is 6.20 Å². The zero-order valence-corrected chi connectivity index (χ0v) is 10.3. The maximum Gasteiger partial charge on any atom is 0.419 e. The summed E-state index contributed by atoms with van der Waals surface area (Å²) in [4.78, 5) is 3.63. The molecular weight excluding hydrogens is 255 g/mol. The van der Waals surface area contributed by atoms with Crippen LogP contribution >= 0.6 is 0 Å². The van der Waals surface area contributed by atoms with E-state index in [9.17, 15) is 13.2 Å². The number of nitrogens with zero attached hydrogens (tertiary/aromatic N) is 2. The zero-order valence-electron chi connectivity index (χ0n) is 10.3. The summed E-state index contributed by atoms with van der Waals surface area (Å²) in [6.45, 7) is 1.81. The van der Waals surface area contributed by atoms with Gasteiger partial charge in [0.15, 0.2) is 5.69 Å². The highest BCUT2D eigenvalue weighted by Crippen LogP contribution is 2.32. The molecule has 19 heavy (non-hydrogen) atoms. The lowest BCUT2D eigenvalue weighted by molar-refractivity contribution is -0.138. The SMILES string of the molecule is N#Cc1ncc(CC2CCNCC2)cc1C(F)(F)F. The van der Waals surface area contributed by atoms with Gasteiger partial charge in [0.1, 0.15) is 6.07 Å². The normalized spacial score (nSPS) is 17.2. The standard InChI is InChI=1S/C13H14F3N3/c14-13(15,16)11-6-10(8-19-12(11)7-17)5-9-1-3-18-4-2-9/h6,8-9,18H,1-5H2. The van der Waals surface area contributed by atoms with Crippen LogP contribution in [0.4, 0.5) is 13.2 Å². The van der Waals surface area contributed by atoms with Gasteiger partial charge in [0.2, 0.25) is 0 Å². The van der Waals surface area contributed by atoms with Gasteiger partial charge in [-0.05, 0) is 49.9 Å². The minimum atomic E-state index is -4.53. The average Bonchev–Trinajstić information content (AvgIpc) is 2.39. The molecule has 1 aromatic rings. The van der Waals surface area contributed by atoms with Crippen molar-refractivity contribution in [2.75, 3.05) is 13.1 Å². The van der Waals surface area contributed by atoms with Crippen LogP contribution in [0.3, 0.4) is 0 Å². The van der Waals surface area contributed by atoms with E-state index in [1.54, 1.807) is 0 Å². The summed E-state index contributed by atoms with van der Waals surface area (Å²) >= 11 is 0. The summed E-state index contributed by atoms with van der Waals surface area (Å²) in [6, 6.07) is 2.55. The zero-order chi connectivity index (χ0) is 13.9. The highest BCUT2D eigenvalue weighted by molar-refractivity contribution is 5.36. The van der Waals surface area contributed by atoms with Crippen molar-refractivity contribution >= 4 is 0 Å². The number of nitriles is 1. The largest absolute Gasteiger partial charge is 0.419 e. The van der Waals surface area contributed by atoms with E-state index >= 15 is 0 Å². The molecule has 1 saturated heterocycles. The summed E-state index contributed by atoms with van der Waals surface area (Å²) in [5.41, 5.74) is -0.929. The molecule has 1 aliphatic rings. The highest BCUT2D eigenvalue weighted by Gasteiger charge is 2.34. The third-order valence-electron chi connectivity index (χ3n) is 3.34. The Labute approximate surface area is 109 Å². The Morgan fingerprint density at radius 3 is 2.63 bits per heavy atom. The Morgan fingerprint density at radius 2 is 2.05 bits per heavy atom. The monoisotopic (exact) mass is 269 g/mol. The van der Waals surface area contributed by atoms with Crippen LogP contribution in [0.2, 0.25) is 0 Å². The first-order chi connectivity index (χ1) is 9.00. The van der Waals surface area contributed by atoms with E-state index in [-0.39, 0.29) is 0 Å². The topological polar surface area (TPSA) is 48.7 Å².